The number of benzene rings is 2. The molecule has 6 heteroatoms. The van der Waals surface area contributed by atoms with Gasteiger partial charge in [0.05, 0.1) is 28.4 Å². The fourth-order valence-electron chi connectivity index (χ4n) is 2.42. The zero-order valence-corrected chi connectivity index (χ0v) is 15.0. The van der Waals surface area contributed by atoms with E-state index < -0.39 is 6.10 Å². The lowest BCUT2D eigenvalue weighted by Gasteiger charge is -2.18. The van der Waals surface area contributed by atoms with E-state index in [1.165, 1.54) is 21.3 Å². The first kappa shape index (κ1) is 18.4. The molecule has 0 N–H and O–H groups in total. The van der Waals surface area contributed by atoms with Crippen LogP contribution in [0.4, 0.5) is 0 Å². The molecule has 25 heavy (non-hydrogen) atoms. The number of para-hydroxylation sites is 2. The van der Waals surface area contributed by atoms with Crippen LogP contribution in [0.15, 0.2) is 36.4 Å². The molecule has 0 spiro atoms. The van der Waals surface area contributed by atoms with Crippen LogP contribution in [0.1, 0.15) is 17.3 Å². The van der Waals surface area contributed by atoms with Crippen LogP contribution in [0, 0.1) is 0 Å². The first-order chi connectivity index (χ1) is 12.0. The van der Waals surface area contributed by atoms with Crippen LogP contribution in [-0.2, 0) is 0 Å². The van der Waals surface area contributed by atoms with Crippen molar-refractivity contribution < 1.29 is 28.5 Å². The van der Waals surface area contributed by atoms with Gasteiger partial charge in [-0.15, -0.1) is 0 Å². The van der Waals surface area contributed by atoms with Crippen LogP contribution >= 0.6 is 0 Å². The molecule has 6 nitrogen and oxygen atoms in total. The zero-order chi connectivity index (χ0) is 18.4. The molecule has 0 heterocycles. The molecule has 134 valence electrons. The standard InChI is InChI=1S/C19H22O6/c1-12(25-15-9-7-6-8-14(15)21-2)18(20)13-10-16(22-3)19(24-5)17(11-13)23-4/h6-12H,1-5H3. The lowest BCUT2D eigenvalue weighted by Crippen LogP contribution is -2.24. The highest BCUT2D eigenvalue weighted by Gasteiger charge is 2.22. The van der Waals surface area contributed by atoms with Crippen LogP contribution in [0.2, 0.25) is 0 Å². The minimum absolute atomic E-state index is 0.217. The molecule has 0 bridgehead atoms. The topological polar surface area (TPSA) is 63.2 Å². The van der Waals surface area contributed by atoms with Gasteiger partial charge in [-0.3, -0.25) is 4.79 Å². The minimum Gasteiger partial charge on any atom is -0.493 e. The summed E-state index contributed by atoms with van der Waals surface area (Å²) in [4.78, 5) is 12.8. The third-order valence-electron chi connectivity index (χ3n) is 3.69. The van der Waals surface area contributed by atoms with Gasteiger partial charge in [0.1, 0.15) is 0 Å². The summed E-state index contributed by atoms with van der Waals surface area (Å²) in [6.45, 7) is 1.68. The number of carbonyl (C=O) groups excluding carboxylic acids is 1. The summed E-state index contributed by atoms with van der Waals surface area (Å²) in [7, 11) is 6.06. The SMILES string of the molecule is COc1ccccc1OC(C)C(=O)c1cc(OC)c(OC)c(OC)c1. The monoisotopic (exact) mass is 346 g/mol. The molecule has 1 atom stereocenters. The van der Waals surface area contributed by atoms with Gasteiger partial charge in [0.15, 0.2) is 29.1 Å². The second-order valence-corrected chi connectivity index (χ2v) is 5.19. The molecule has 0 aliphatic heterocycles. The van der Waals surface area contributed by atoms with Gasteiger partial charge in [-0.2, -0.15) is 0 Å². The van der Waals surface area contributed by atoms with Gasteiger partial charge >= 0.3 is 0 Å². The fourth-order valence-corrected chi connectivity index (χ4v) is 2.42. The average molecular weight is 346 g/mol. The molecule has 2 rings (SSSR count). The molecule has 0 fully saturated rings. The number of methoxy groups -OCH3 is 4. The lowest BCUT2D eigenvalue weighted by atomic mass is 10.1. The van der Waals surface area contributed by atoms with Gasteiger partial charge < -0.3 is 23.7 Å². The third-order valence-corrected chi connectivity index (χ3v) is 3.69. The van der Waals surface area contributed by atoms with E-state index in [4.69, 9.17) is 23.7 Å². The molecular formula is C19H22O6. The van der Waals surface area contributed by atoms with Crippen molar-refractivity contribution >= 4 is 5.78 Å². The number of carbonyl (C=O) groups is 1. The summed E-state index contributed by atoms with van der Waals surface area (Å²) in [6, 6.07) is 10.4. The number of hydrogen-bond acceptors (Lipinski definition) is 6. The van der Waals surface area contributed by atoms with Gasteiger partial charge in [-0.1, -0.05) is 12.1 Å². The normalized spacial score (nSPS) is 11.4. The van der Waals surface area contributed by atoms with Crippen molar-refractivity contribution in [3.05, 3.63) is 42.0 Å². The molecule has 0 saturated carbocycles. The molecule has 1 unspecified atom stereocenters. The maximum absolute atomic E-state index is 12.8. The predicted molar refractivity (Wildman–Crippen MR) is 93.5 cm³/mol. The highest BCUT2D eigenvalue weighted by atomic mass is 16.5. The van der Waals surface area contributed by atoms with E-state index in [9.17, 15) is 4.79 Å². The first-order valence-electron chi connectivity index (χ1n) is 7.69. The molecule has 0 aliphatic rings. The second-order valence-electron chi connectivity index (χ2n) is 5.19. The van der Waals surface area contributed by atoms with Gasteiger partial charge in [0.25, 0.3) is 0 Å². The maximum atomic E-state index is 12.8. The molecule has 0 amide bonds. The second kappa shape index (κ2) is 8.28. The Kier molecular flexibility index (Phi) is 6.11. The molecule has 2 aromatic carbocycles. The Hall–Kier alpha value is -2.89. The summed E-state index contributed by atoms with van der Waals surface area (Å²) in [5.74, 6) is 2.10. The smallest absolute Gasteiger partial charge is 0.203 e. The Balaban J connectivity index is 2.30. The zero-order valence-electron chi connectivity index (χ0n) is 15.0. The molecule has 0 aromatic heterocycles. The van der Waals surface area contributed by atoms with Crippen molar-refractivity contribution in [3.63, 3.8) is 0 Å². The fraction of sp³-hybridized carbons (Fsp3) is 0.316. The third kappa shape index (κ3) is 3.96. The van der Waals surface area contributed by atoms with E-state index >= 15 is 0 Å². The van der Waals surface area contributed by atoms with E-state index in [0.29, 0.717) is 34.3 Å². The number of ketones is 1. The first-order valence-corrected chi connectivity index (χ1v) is 7.69. The van der Waals surface area contributed by atoms with Gasteiger partial charge in [-0.05, 0) is 31.2 Å². The average Bonchev–Trinajstić information content (AvgIpc) is 2.66. The quantitative estimate of drug-likeness (QED) is 0.683. The number of ether oxygens (including phenoxy) is 5. The summed E-state index contributed by atoms with van der Waals surface area (Å²) in [6.07, 6.45) is -0.723. The lowest BCUT2D eigenvalue weighted by molar-refractivity contribution is 0.0813. The predicted octanol–water partition coefficient (Wildman–Crippen LogP) is 3.37. The van der Waals surface area contributed by atoms with E-state index in [2.05, 4.69) is 0 Å². The van der Waals surface area contributed by atoms with Gasteiger partial charge in [-0.25, -0.2) is 0 Å². The molecule has 0 radical (unpaired) electrons. The summed E-state index contributed by atoms with van der Waals surface area (Å²) >= 11 is 0. The van der Waals surface area contributed by atoms with Gasteiger partial charge in [0.2, 0.25) is 11.5 Å². The van der Waals surface area contributed by atoms with Crippen molar-refractivity contribution in [2.45, 2.75) is 13.0 Å². The maximum Gasteiger partial charge on any atom is 0.203 e. The van der Waals surface area contributed by atoms with Crippen molar-refractivity contribution in [2.24, 2.45) is 0 Å². The number of Topliss-reactive ketones (excluding diaryl/α,β-unsaturated/α-hetero) is 1. The molecular weight excluding hydrogens is 324 g/mol. The number of rotatable bonds is 8. The number of hydrogen-bond donors (Lipinski definition) is 0. The van der Waals surface area contributed by atoms with Crippen LogP contribution in [0.25, 0.3) is 0 Å². The largest absolute Gasteiger partial charge is 0.493 e. The minimum atomic E-state index is -0.723. The van der Waals surface area contributed by atoms with E-state index in [1.807, 2.05) is 12.1 Å². The molecule has 0 saturated heterocycles. The summed E-state index contributed by atoms with van der Waals surface area (Å²) in [5, 5.41) is 0. The summed E-state index contributed by atoms with van der Waals surface area (Å²) < 4.78 is 26.9. The van der Waals surface area contributed by atoms with Crippen LogP contribution in [-0.4, -0.2) is 40.3 Å². The van der Waals surface area contributed by atoms with Crippen molar-refractivity contribution in [1.82, 2.24) is 0 Å². The highest BCUT2D eigenvalue weighted by molar-refractivity contribution is 6.00. The van der Waals surface area contributed by atoms with Crippen molar-refractivity contribution in [2.75, 3.05) is 28.4 Å². The molecule has 0 aliphatic carbocycles. The Morgan fingerprint density at radius 1 is 0.800 bits per heavy atom. The van der Waals surface area contributed by atoms with E-state index in [1.54, 1.807) is 38.3 Å². The summed E-state index contributed by atoms with van der Waals surface area (Å²) in [5.41, 5.74) is 0.400. The van der Waals surface area contributed by atoms with Crippen molar-refractivity contribution in [1.29, 1.82) is 0 Å². The van der Waals surface area contributed by atoms with Crippen LogP contribution in [0.5, 0.6) is 28.7 Å². The van der Waals surface area contributed by atoms with E-state index in [0.717, 1.165) is 0 Å². The Bertz CT molecular complexity index is 715. The Morgan fingerprint density at radius 2 is 1.32 bits per heavy atom. The van der Waals surface area contributed by atoms with E-state index in [-0.39, 0.29) is 5.78 Å². The Morgan fingerprint density at radius 3 is 1.80 bits per heavy atom. The van der Waals surface area contributed by atoms with Gasteiger partial charge in [0, 0.05) is 5.56 Å². The van der Waals surface area contributed by atoms with Crippen molar-refractivity contribution in [3.8, 4) is 28.7 Å². The van der Waals surface area contributed by atoms with Crippen LogP contribution < -0.4 is 23.7 Å². The highest BCUT2D eigenvalue weighted by Crippen LogP contribution is 2.38. The van der Waals surface area contributed by atoms with Crippen LogP contribution in [0.3, 0.4) is 0 Å². The molecule has 2 aromatic rings. The Labute approximate surface area is 147 Å².